The number of ketones is 1. The van der Waals surface area contributed by atoms with E-state index in [0.29, 0.717) is 5.92 Å². The van der Waals surface area contributed by atoms with Gasteiger partial charge in [0.15, 0.2) is 5.78 Å². The summed E-state index contributed by atoms with van der Waals surface area (Å²) in [6.45, 7) is 10.9. The predicted molar refractivity (Wildman–Crippen MR) is 84.7 cm³/mol. The number of hydrogen-bond acceptors (Lipinski definition) is 1. The predicted octanol–water partition coefficient (Wildman–Crippen LogP) is 5.05. The van der Waals surface area contributed by atoms with Crippen molar-refractivity contribution < 1.29 is 4.79 Å². The molecule has 1 aliphatic rings. The Bertz CT molecular complexity index is 555. The molecule has 0 heterocycles. The smallest absolute Gasteiger partial charge is 0.169 e. The Kier molecular flexibility index (Phi) is 3.99. The molecule has 0 N–H and O–H groups in total. The minimum Gasteiger partial charge on any atom is -0.294 e. The lowest BCUT2D eigenvalue weighted by atomic mass is 9.72. The maximum atomic E-state index is 12.7. The molecule has 1 aliphatic carbocycles. The second-order valence-electron chi connectivity index (χ2n) is 6.79. The molecule has 2 rings (SSSR count). The van der Waals surface area contributed by atoms with Crippen molar-refractivity contribution in [1.29, 1.82) is 0 Å². The second-order valence-corrected chi connectivity index (χ2v) is 6.79. The van der Waals surface area contributed by atoms with E-state index in [9.17, 15) is 4.79 Å². The number of benzene rings is 1. The highest BCUT2D eigenvalue weighted by Crippen LogP contribution is 2.42. The van der Waals surface area contributed by atoms with Gasteiger partial charge in [-0.1, -0.05) is 75.8 Å². The standard InChI is InChI=1S/C19H24O/c1-13-11-12-16(19(3,4)5)17(13)14(2)18(20)15-9-7-6-8-10-15/h6-12,14,16H,1-5H3. The Morgan fingerprint density at radius 1 is 1.15 bits per heavy atom. The van der Waals surface area contributed by atoms with Crippen molar-refractivity contribution in [2.45, 2.75) is 34.6 Å². The highest BCUT2D eigenvalue weighted by Gasteiger charge is 2.34. The first-order valence-corrected chi connectivity index (χ1v) is 7.30. The van der Waals surface area contributed by atoms with E-state index in [1.807, 2.05) is 37.3 Å². The van der Waals surface area contributed by atoms with Gasteiger partial charge in [-0.2, -0.15) is 0 Å². The molecule has 0 aromatic heterocycles. The van der Waals surface area contributed by atoms with Gasteiger partial charge in [0.05, 0.1) is 0 Å². The average Bonchev–Trinajstić information content (AvgIpc) is 2.80. The molecule has 0 spiro atoms. The SMILES string of the molecule is CC1=C(C(C)C(=O)c2ccccc2)C(C(C)(C)C)C=C1. The molecule has 106 valence electrons. The van der Waals surface area contributed by atoms with E-state index >= 15 is 0 Å². The maximum Gasteiger partial charge on any atom is 0.169 e. The van der Waals surface area contributed by atoms with Crippen molar-refractivity contribution in [2.24, 2.45) is 17.3 Å². The number of Topliss-reactive ketones (excluding diaryl/α,β-unsaturated/α-hetero) is 1. The summed E-state index contributed by atoms with van der Waals surface area (Å²) in [5.41, 5.74) is 3.49. The van der Waals surface area contributed by atoms with Crippen LogP contribution in [0.15, 0.2) is 53.6 Å². The van der Waals surface area contributed by atoms with E-state index in [2.05, 4.69) is 39.8 Å². The molecular formula is C19H24O. The van der Waals surface area contributed by atoms with Crippen molar-refractivity contribution in [3.8, 4) is 0 Å². The van der Waals surface area contributed by atoms with Crippen molar-refractivity contribution in [3.05, 3.63) is 59.2 Å². The van der Waals surface area contributed by atoms with Crippen molar-refractivity contribution in [2.75, 3.05) is 0 Å². The van der Waals surface area contributed by atoms with Crippen LogP contribution < -0.4 is 0 Å². The molecule has 2 atom stereocenters. The summed E-state index contributed by atoms with van der Waals surface area (Å²) >= 11 is 0. The van der Waals surface area contributed by atoms with Crippen LogP contribution in [0.2, 0.25) is 0 Å². The van der Waals surface area contributed by atoms with Gasteiger partial charge in [0.2, 0.25) is 0 Å². The Hall–Kier alpha value is -1.63. The van der Waals surface area contributed by atoms with E-state index in [4.69, 9.17) is 0 Å². The van der Waals surface area contributed by atoms with Crippen molar-refractivity contribution in [3.63, 3.8) is 0 Å². The quantitative estimate of drug-likeness (QED) is 0.701. The monoisotopic (exact) mass is 268 g/mol. The number of carbonyl (C=O) groups excluding carboxylic acids is 1. The van der Waals surface area contributed by atoms with Crippen LogP contribution >= 0.6 is 0 Å². The van der Waals surface area contributed by atoms with Gasteiger partial charge in [0.25, 0.3) is 0 Å². The molecule has 0 amide bonds. The fraction of sp³-hybridized carbons (Fsp3) is 0.421. The highest BCUT2D eigenvalue weighted by atomic mass is 16.1. The third kappa shape index (κ3) is 2.77. The van der Waals surface area contributed by atoms with Crippen LogP contribution in [0, 0.1) is 17.3 Å². The fourth-order valence-electron chi connectivity index (χ4n) is 3.05. The summed E-state index contributed by atoms with van der Waals surface area (Å²) < 4.78 is 0. The zero-order valence-corrected chi connectivity index (χ0v) is 13.1. The minimum absolute atomic E-state index is 0.0587. The summed E-state index contributed by atoms with van der Waals surface area (Å²) in [6, 6.07) is 9.61. The van der Waals surface area contributed by atoms with E-state index < -0.39 is 0 Å². The minimum atomic E-state index is -0.0587. The number of carbonyl (C=O) groups is 1. The molecule has 1 nitrogen and oxygen atoms in total. The zero-order chi connectivity index (χ0) is 14.9. The topological polar surface area (TPSA) is 17.1 Å². The lowest BCUT2D eigenvalue weighted by molar-refractivity contribution is 0.0939. The van der Waals surface area contributed by atoms with Crippen LogP contribution in [-0.2, 0) is 0 Å². The van der Waals surface area contributed by atoms with E-state index in [1.165, 1.54) is 11.1 Å². The van der Waals surface area contributed by atoms with Gasteiger partial charge in [-0.25, -0.2) is 0 Å². The van der Waals surface area contributed by atoms with Gasteiger partial charge in [0, 0.05) is 17.4 Å². The summed E-state index contributed by atoms with van der Waals surface area (Å²) in [5, 5.41) is 0. The largest absolute Gasteiger partial charge is 0.294 e. The first-order valence-electron chi connectivity index (χ1n) is 7.30. The van der Waals surface area contributed by atoms with Crippen LogP contribution in [-0.4, -0.2) is 5.78 Å². The number of hydrogen-bond donors (Lipinski definition) is 0. The van der Waals surface area contributed by atoms with Crippen molar-refractivity contribution >= 4 is 5.78 Å². The Balaban J connectivity index is 2.31. The van der Waals surface area contributed by atoms with Crippen LogP contribution in [0.5, 0.6) is 0 Å². The van der Waals surface area contributed by atoms with Crippen LogP contribution in [0.25, 0.3) is 0 Å². The molecular weight excluding hydrogens is 244 g/mol. The Morgan fingerprint density at radius 2 is 1.75 bits per heavy atom. The molecule has 1 aromatic rings. The van der Waals surface area contributed by atoms with Gasteiger partial charge in [0.1, 0.15) is 0 Å². The molecule has 1 aromatic carbocycles. The average molecular weight is 268 g/mol. The van der Waals surface area contributed by atoms with Crippen LogP contribution in [0.1, 0.15) is 45.0 Å². The summed E-state index contributed by atoms with van der Waals surface area (Å²) in [7, 11) is 0. The third-order valence-corrected chi connectivity index (χ3v) is 4.18. The molecule has 0 fully saturated rings. The third-order valence-electron chi connectivity index (χ3n) is 4.18. The van der Waals surface area contributed by atoms with E-state index in [1.54, 1.807) is 0 Å². The van der Waals surface area contributed by atoms with Gasteiger partial charge in [-0.15, -0.1) is 0 Å². The highest BCUT2D eigenvalue weighted by molar-refractivity contribution is 5.99. The van der Waals surface area contributed by atoms with Gasteiger partial charge in [-0.05, 0) is 17.9 Å². The van der Waals surface area contributed by atoms with Gasteiger partial charge < -0.3 is 0 Å². The summed E-state index contributed by atoms with van der Waals surface area (Å²) in [4.78, 5) is 12.7. The summed E-state index contributed by atoms with van der Waals surface area (Å²) in [5.74, 6) is 0.514. The lowest BCUT2D eigenvalue weighted by Crippen LogP contribution is -2.26. The van der Waals surface area contributed by atoms with Gasteiger partial charge >= 0.3 is 0 Å². The zero-order valence-electron chi connectivity index (χ0n) is 13.1. The molecule has 1 heteroatoms. The Morgan fingerprint density at radius 3 is 2.30 bits per heavy atom. The molecule has 2 unspecified atom stereocenters. The molecule has 0 radical (unpaired) electrons. The van der Waals surface area contributed by atoms with Crippen molar-refractivity contribution in [1.82, 2.24) is 0 Å². The number of allylic oxidation sites excluding steroid dienone is 4. The normalized spacial score (nSPS) is 20.4. The van der Waals surface area contributed by atoms with Crippen LogP contribution in [0.3, 0.4) is 0 Å². The first-order chi connectivity index (χ1) is 9.32. The fourth-order valence-corrected chi connectivity index (χ4v) is 3.05. The van der Waals surface area contributed by atoms with E-state index in [0.717, 1.165) is 5.56 Å². The maximum absolute atomic E-state index is 12.7. The molecule has 0 aliphatic heterocycles. The molecule has 0 saturated heterocycles. The van der Waals surface area contributed by atoms with Gasteiger partial charge in [-0.3, -0.25) is 4.79 Å². The first kappa shape index (κ1) is 14.8. The van der Waals surface area contributed by atoms with Crippen LogP contribution in [0.4, 0.5) is 0 Å². The molecule has 20 heavy (non-hydrogen) atoms. The molecule has 0 saturated carbocycles. The summed E-state index contributed by atoms with van der Waals surface area (Å²) in [6.07, 6.45) is 4.42. The van der Waals surface area contributed by atoms with E-state index in [-0.39, 0.29) is 17.1 Å². The Labute approximate surface area is 122 Å². The lowest BCUT2D eigenvalue weighted by Gasteiger charge is -2.31. The second kappa shape index (κ2) is 5.40. The molecule has 0 bridgehead atoms. The number of rotatable bonds is 3.